The number of fused-ring (bicyclic) bond motifs is 2. The predicted octanol–water partition coefficient (Wildman–Crippen LogP) is -0.333. The van der Waals surface area contributed by atoms with E-state index in [-0.39, 0.29) is 17.9 Å². The van der Waals surface area contributed by atoms with Gasteiger partial charge in [0.2, 0.25) is 5.82 Å². The average Bonchev–Trinajstić information content (AvgIpc) is 2.81. The van der Waals surface area contributed by atoms with Gasteiger partial charge < -0.3 is 14.7 Å². The molecule has 2 aliphatic rings. The van der Waals surface area contributed by atoms with Gasteiger partial charge in [0.05, 0.1) is 17.1 Å². The molecule has 18 heavy (non-hydrogen) atoms. The van der Waals surface area contributed by atoms with Crippen molar-refractivity contribution in [2.75, 3.05) is 18.0 Å². The Morgan fingerprint density at radius 2 is 2.39 bits per heavy atom. The maximum absolute atomic E-state index is 11.0. The van der Waals surface area contributed by atoms with E-state index in [1.807, 2.05) is 4.90 Å². The zero-order chi connectivity index (χ0) is 12.9. The molecule has 1 aromatic heterocycles. The van der Waals surface area contributed by atoms with Crippen LogP contribution in [0.25, 0.3) is 0 Å². The van der Waals surface area contributed by atoms with Gasteiger partial charge in [-0.15, -0.1) is 0 Å². The Balaban J connectivity index is 1.92. The number of aliphatic hydroxyl groups excluding tert-OH is 1. The van der Waals surface area contributed by atoms with Crippen LogP contribution in [0.2, 0.25) is 0 Å². The topological polar surface area (TPSA) is 93.7 Å². The summed E-state index contributed by atoms with van der Waals surface area (Å²) >= 11 is 0. The maximum Gasteiger partial charge on any atom is 0.331 e. The normalized spacial score (nSPS) is 30.8. The lowest BCUT2D eigenvalue weighted by Gasteiger charge is -2.32. The van der Waals surface area contributed by atoms with E-state index in [2.05, 4.69) is 5.10 Å². The monoisotopic (exact) mass is 254 g/mol. The molecule has 3 heterocycles. The molecule has 0 saturated carbocycles. The van der Waals surface area contributed by atoms with Crippen LogP contribution in [0.1, 0.15) is 6.42 Å². The predicted molar refractivity (Wildman–Crippen MR) is 61.4 cm³/mol. The van der Waals surface area contributed by atoms with Gasteiger partial charge in [-0.1, -0.05) is 0 Å². The number of aromatic nitrogens is 2. The summed E-state index contributed by atoms with van der Waals surface area (Å²) in [7, 11) is 1.68. The molecule has 98 valence electrons. The summed E-state index contributed by atoms with van der Waals surface area (Å²) in [6, 6.07) is 0. The first kappa shape index (κ1) is 11.4. The zero-order valence-electron chi connectivity index (χ0n) is 9.89. The van der Waals surface area contributed by atoms with Crippen LogP contribution in [0.3, 0.4) is 0 Å². The van der Waals surface area contributed by atoms with Crippen molar-refractivity contribution in [2.45, 2.75) is 24.7 Å². The molecule has 0 radical (unpaired) electrons. The van der Waals surface area contributed by atoms with Crippen LogP contribution in [-0.2, 0) is 11.8 Å². The molecule has 0 spiro atoms. The van der Waals surface area contributed by atoms with E-state index >= 15 is 0 Å². The number of rotatable bonds is 2. The fourth-order valence-electron chi connectivity index (χ4n) is 2.72. The fourth-order valence-corrected chi connectivity index (χ4v) is 2.72. The third-order valence-electron chi connectivity index (χ3n) is 3.51. The Labute approximate surface area is 103 Å². The number of aryl methyl sites for hydroxylation is 1. The summed E-state index contributed by atoms with van der Waals surface area (Å²) in [6.07, 6.45) is 1.04. The smallest absolute Gasteiger partial charge is 0.331 e. The van der Waals surface area contributed by atoms with E-state index in [9.17, 15) is 15.2 Å². The maximum atomic E-state index is 11.0. The lowest BCUT2D eigenvalue weighted by molar-refractivity contribution is -0.384. The fraction of sp³-hybridized carbons (Fsp3) is 0.700. The number of nitro groups is 1. The van der Waals surface area contributed by atoms with E-state index in [1.165, 1.54) is 10.9 Å². The zero-order valence-corrected chi connectivity index (χ0v) is 9.89. The molecule has 1 aromatic rings. The van der Waals surface area contributed by atoms with Crippen molar-refractivity contribution >= 4 is 11.5 Å². The van der Waals surface area contributed by atoms with Crippen LogP contribution in [0.4, 0.5) is 11.5 Å². The van der Waals surface area contributed by atoms with E-state index in [0.717, 1.165) is 0 Å². The van der Waals surface area contributed by atoms with Crippen LogP contribution in [0.15, 0.2) is 6.20 Å². The van der Waals surface area contributed by atoms with Crippen LogP contribution in [0.5, 0.6) is 0 Å². The summed E-state index contributed by atoms with van der Waals surface area (Å²) in [5.74, 6) is 0.479. The number of anilines is 1. The average molecular weight is 254 g/mol. The highest BCUT2D eigenvalue weighted by molar-refractivity contribution is 5.58. The van der Waals surface area contributed by atoms with Crippen LogP contribution in [0, 0.1) is 10.1 Å². The Morgan fingerprint density at radius 3 is 3.06 bits per heavy atom. The number of hydrogen-bond acceptors (Lipinski definition) is 6. The first-order chi connectivity index (χ1) is 8.56. The summed E-state index contributed by atoms with van der Waals surface area (Å²) in [5.41, 5.74) is -0.00621. The minimum absolute atomic E-state index is 0.00621. The number of morpholine rings is 1. The molecular formula is C10H14N4O4. The van der Waals surface area contributed by atoms with Crippen LogP contribution < -0.4 is 4.90 Å². The minimum Gasteiger partial charge on any atom is -0.390 e. The van der Waals surface area contributed by atoms with Gasteiger partial charge in [0.1, 0.15) is 12.3 Å². The number of ether oxygens (including phenoxy) is 1. The Morgan fingerprint density at radius 1 is 1.61 bits per heavy atom. The number of nitrogens with zero attached hydrogens (tertiary/aromatic N) is 4. The lowest BCUT2D eigenvalue weighted by Crippen LogP contribution is -2.45. The van der Waals surface area contributed by atoms with Gasteiger partial charge in [-0.3, -0.25) is 10.1 Å². The molecule has 0 amide bonds. The SMILES string of the molecule is Cn1ncc([N+](=O)[O-])c1N1C[C@H]2C[C@@H](O)[C@@H](C1)O2. The second kappa shape index (κ2) is 3.92. The van der Waals surface area contributed by atoms with Gasteiger partial charge in [-0.25, -0.2) is 4.68 Å². The molecule has 0 aliphatic carbocycles. The molecule has 1 N–H and O–H groups in total. The summed E-state index contributed by atoms with van der Waals surface area (Å²) in [4.78, 5) is 12.4. The van der Waals surface area contributed by atoms with Gasteiger partial charge in [-0.05, 0) is 0 Å². The van der Waals surface area contributed by atoms with Gasteiger partial charge in [-0.2, -0.15) is 5.10 Å². The molecular weight excluding hydrogens is 240 g/mol. The van der Waals surface area contributed by atoms with Gasteiger partial charge >= 0.3 is 5.69 Å². The molecule has 2 aliphatic heterocycles. The third kappa shape index (κ3) is 1.65. The Kier molecular flexibility index (Phi) is 2.49. The van der Waals surface area contributed by atoms with Crippen molar-refractivity contribution in [1.29, 1.82) is 0 Å². The standard InChI is InChI=1S/C10H14N4O4/c1-12-10(7(3-11-12)14(16)17)13-4-6-2-8(15)9(5-13)18-6/h3,6,8-9,15H,2,4-5H2,1H3/t6-,8-,9-/m1/s1. The molecule has 8 nitrogen and oxygen atoms in total. The molecule has 0 unspecified atom stereocenters. The molecule has 3 atom stereocenters. The second-order valence-corrected chi connectivity index (χ2v) is 4.74. The summed E-state index contributed by atoms with van der Waals surface area (Å²) < 4.78 is 7.08. The summed E-state index contributed by atoms with van der Waals surface area (Å²) in [5, 5.41) is 24.7. The first-order valence-corrected chi connectivity index (χ1v) is 5.81. The van der Waals surface area contributed by atoms with Gasteiger partial charge in [0, 0.05) is 26.6 Å². The highest BCUT2D eigenvalue weighted by Gasteiger charge is 2.42. The van der Waals surface area contributed by atoms with Crippen molar-refractivity contribution in [3.8, 4) is 0 Å². The van der Waals surface area contributed by atoms with E-state index in [4.69, 9.17) is 4.74 Å². The molecule has 3 rings (SSSR count). The molecule has 0 aromatic carbocycles. The van der Waals surface area contributed by atoms with Gasteiger partial charge in [0.25, 0.3) is 0 Å². The second-order valence-electron chi connectivity index (χ2n) is 4.74. The number of hydrogen-bond donors (Lipinski definition) is 1. The first-order valence-electron chi connectivity index (χ1n) is 5.81. The van der Waals surface area contributed by atoms with Crippen molar-refractivity contribution in [2.24, 2.45) is 7.05 Å². The molecule has 8 heteroatoms. The van der Waals surface area contributed by atoms with E-state index in [0.29, 0.717) is 25.3 Å². The van der Waals surface area contributed by atoms with Crippen molar-refractivity contribution in [1.82, 2.24) is 9.78 Å². The Bertz CT molecular complexity index is 486. The van der Waals surface area contributed by atoms with Crippen LogP contribution in [-0.4, -0.2) is 51.2 Å². The molecule has 2 saturated heterocycles. The van der Waals surface area contributed by atoms with Crippen molar-refractivity contribution in [3.63, 3.8) is 0 Å². The highest BCUT2D eigenvalue weighted by atomic mass is 16.6. The molecule has 2 fully saturated rings. The van der Waals surface area contributed by atoms with Crippen molar-refractivity contribution < 1.29 is 14.8 Å². The number of aliphatic hydroxyl groups is 1. The minimum atomic E-state index is -0.479. The van der Waals surface area contributed by atoms with E-state index in [1.54, 1.807) is 7.05 Å². The third-order valence-corrected chi connectivity index (χ3v) is 3.51. The lowest BCUT2D eigenvalue weighted by atomic mass is 10.2. The van der Waals surface area contributed by atoms with Crippen LogP contribution >= 0.6 is 0 Å². The largest absolute Gasteiger partial charge is 0.390 e. The quantitative estimate of drug-likeness (QED) is 0.573. The highest BCUT2D eigenvalue weighted by Crippen LogP contribution is 2.34. The van der Waals surface area contributed by atoms with E-state index < -0.39 is 11.0 Å². The summed E-state index contributed by atoms with van der Waals surface area (Å²) in [6.45, 7) is 1.01. The Hall–Kier alpha value is -1.67. The molecule has 2 bridgehead atoms. The van der Waals surface area contributed by atoms with Gasteiger partial charge in [0.15, 0.2) is 0 Å². The van der Waals surface area contributed by atoms with Crippen molar-refractivity contribution in [3.05, 3.63) is 16.3 Å².